The highest BCUT2D eigenvalue weighted by Gasteiger charge is 2.12. The second kappa shape index (κ2) is 7.87. The van der Waals surface area contributed by atoms with Gasteiger partial charge in [0, 0.05) is 29.3 Å². The zero-order valence-electron chi connectivity index (χ0n) is 15.1. The highest BCUT2D eigenvalue weighted by molar-refractivity contribution is 6.04. The molecule has 0 unspecified atom stereocenters. The maximum Gasteiger partial charge on any atom is 0.233 e. The average Bonchev–Trinajstić information content (AvgIpc) is 3.02. The maximum absolute atomic E-state index is 12.1. The molecule has 3 N–H and O–H groups in total. The first-order valence-electron chi connectivity index (χ1n) is 8.72. The summed E-state index contributed by atoms with van der Waals surface area (Å²) >= 11 is 0. The minimum Gasteiger partial charge on any atom is -0.361 e. The van der Waals surface area contributed by atoms with Gasteiger partial charge in [-0.3, -0.25) is 9.59 Å². The number of hydrogen-bond acceptors (Lipinski definition) is 2. The van der Waals surface area contributed by atoms with Crippen LogP contribution < -0.4 is 10.6 Å². The number of carbonyl (C=O) groups is 2. The molecule has 5 nitrogen and oxygen atoms in total. The first-order chi connectivity index (χ1) is 12.5. The van der Waals surface area contributed by atoms with Crippen molar-refractivity contribution < 1.29 is 9.59 Å². The van der Waals surface area contributed by atoms with Crippen molar-refractivity contribution in [2.24, 2.45) is 0 Å². The molecule has 134 valence electrons. The smallest absolute Gasteiger partial charge is 0.233 e. The molecule has 0 radical (unpaired) electrons. The van der Waals surface area contributed by atoms with Gasteiger partial charge in [-0.05, 0) is 43.0 Å². The molecule has 2 amide bonds. The van der Waals surface area contributed by atoms with Crippen LogP contribution in [0.2, 0.25) is 0 Å². The van der Waals surface area contributed by atoms with Gasteiger partial charge in [-0.2, -0.15) is 0 Å². The van der Waals surface area contributed by atoms with Crippen molar-refractivity contribution in [3.8, 4) is 0 Å². The third-order valence-electron chi connectivity index (χ3n) is 4.46. The molecule has 0 saturated carbocycles. The van der Waals surface area contributed by atoms with Gasteiger partial charge in [0.1, 0.15) is 6.42 Å². The van der Waals surface area contributed by atoms with E-state index in [9.17, 15) is 9.59 Å². The Kier molecular flexibility index (Phi) is 5.37. The van der Waals surface area contributed by atoms with Crippen LogP contribution in [0.5, 0.6) is 0 Å². The van der Waals surface area contributed by atoms with Gasteiger partial charge in [0.05, 0.1) is 0 Å². The lowest BCUT2D eigenvalue weighted by Crippen LogP contribution is -2.29. The fraction of sp³-hybridized carbons (Fsp3) is 0.238. The molecule has 0 aliphatic heterocycles. The van der Waals surface area contributed by atoms with Crippen molar-refractivity contribution in [2.45, 2.75) is 26.7 Å². The molecule has 26 heavy (non-hydrogen) atoms. The Morgan fingerprint density at radius 2 is 1.69 bits per heavy atom. The van der Waals surface area contributed by atoms with Crippen LogP contribution in [0.3, 0.4) is 0 Å². The standard InChI is InChI=1S/C21H23N3O2/c1-14-6-5-7-15(2)21(14)24-20(26)12-19(25)22-11-10-16-13-23-18-9-4-3-8-17(16)18/h3-9,13,23H,10-12H2,1-2H3,(H,22,25)(H,24,26). The molecule has 0 atom stereocenters. The van der Waals surface area contributed by atoms with Gasteiger partial charge >= 0.3 is 0 Å². The summed E-state index contributed by atoms with van der Waals surface area (Å²) < 4.78 is 0. The van der Waals surface area contributed by atoms with Gasteiger partial charge in [0.15, 0.2) is 0 Å². The van der Waals surface area contributed by atoms with Crippen LogP contribution in [0, 0.1) is 13.8 Å². The Labute approximate surface area is 152 Å². The van der Waals surface area contributed by atoms with Gasteiger partial charge in [0.2, 0.25) is 11.8 Å². The molecular weight excluding hydrogens is 326 g/mol. The quantitative estimate of drug-likeness (QED) is 0.596. The molecule has 1 heterocycles. The zero-order valence-corrected chi connectivity index (χ0v) is 15.1. The Hall–Kier alpha value is -3.08. The number of benzene rings is 2. The molecular formula is C21H23N3O2. The van der Waals surface area contributed by atoms with E-state index in [0.717, 1.165) is 33.3 Å². The Morgan fingerprint density at radius 1 is 0.962 bits per heavy atom. The van der Waals surface area contributed by atoms with E-state index in [1.807, 2.05) is 56.4 Å². The SMILES string of the molecule is Cc1cccc(C)c1NC(=O)CC(=O)NCCc1c[nH]c2ccccc12. The molecule has 3 rings (SSSR count). The van der Waals surface area contributed by atoms with E-state index in [2.05, 4.69) is 21.7 Å². The van der Waals surface area contributed by atoms with E-state index < -0.39 is 0 Å². The van der Waals surface area contributed by atoms with Gasteiger partial charge in [-0.15, -0.1) is 0 Å². The van der Waals surface area contributed by atoms with Crippen LogP contribution in [0.4, 0.5) is 5.69 Å². The Morgan fingerprint density at radius 3 is 2.46 bits per heavy atom. The number of fused-ring (bicyclic) bond motifs is 1. The number of para-hydroxylation sites is 2. The van der Waals surface area contributed by atoms with Crippen molar-refractivity contribution in [1.29, 1.82) is 0 Å². The van der Waals surface area contributed by atoms with E-state index in [-0.39, 0.29) is 18.2 Å². The number of H-pyrrole nitrogens is 1. The third kappa shape index (κ3) is 4.11. The second-order valence-corrected chi connectivity index (χ2v) is 6.45. The molecule has 0 bridgehead atoms. The Bertz CT molecular complexity index is 923. The van der Waals surface area contributed by atoms with Crippen LogP contribution in [-0.2, 0) is 16.0 Å². The van der Waals surface area contributed by atoms with Crippen molar-refractivity contribution in [2.75, 3.05) is 11.9 Å². The molecule has 1 aromatic heterocycles. The van der Waals surface area contributed by atoms with Crippen LogP contribution in [0.1, 0.15) is 23.1 Å². The minimum absolute atomic E-state index is 0.179. The normalized spacial score (nSPS) is 10.7. The number of aromatic nitrogens is 1. The second-order valence-electron chi connectivity index (χ2n) is 6.45. The third-order valence-corrected chi connectivity index (χ3v) is 4.46. The predicted octanol–water partition coefficient (Wildman–Crippen LogP) is 3.47. The monoisotopic (exact) mass is 349 g/mol. The molecule has 0 aliphatic rings. The summed E-state index contributed by atoms with van der Waals surface area (Å²) in [6.45, 7) is 4.37. The number of carbonyl (C=O) groups excluding carboxylic acids is 2. The van der Waals surface area contributed by atoms with E-state index in [0.29, 0.717) is 13.0 Å². The van der Waals surface area contributed by atoms with Crippen molar-refractivity contribution in [1.82, 2.24) is 10.3 Å². The predicted molar refractivity (Wildman–Crippen MR) is 104 cm³/mol. The van der Waals surface area contributed by atoms with Gasteiger partial charge < -0.3 is 15.6 Å². The lowest BCUT2D eigenvalue weighted by molar-refractivity contribution is -0.126. The first kappa shape index (κ1) is 17.7. The number of aryl methyl sites for hydroxylation is 2. The van der Waals surface area contributed by atoms with Gasteiger partial charge in [-0.25, -0.2) is 0 Å². The number of nitrogens with one attached hydrogen (secondary N) is 3. The zero-order chi connectivity index (χ0) is 18.5. The number of anilines is 1. The first-order valence-corrected chi connectivity index (χ1v) is 8.72. The van der Waals surface area contributed by atoms with Crippen LogP contribution in [0.15, 0.2) is 48.7 Å². The summed E-state index contributed by atoms with van der Waals surface area (Å²) in [6, 6.07) is 13.9. The summed E-state index contributed by atoms with van der Waals surface area (Å²) in [4.78, 5) is 27.4. The summed E-state index contributed by atoms with van der Waals surface area (Å²) in [5, 5.41) is 6.81. The summed E-state index contributed by atoms with van der Waals surface area (Å²) in [5.41, 5.74) is 4.99. The number of aromatic amines is 1. The van der Waals surface area contributed by atoms with E-state index in [1.54, 1.807) is 0 Å². The molecule has 0 spiro atoms. The van der Waals surface area contributed by atoms with Crippen LogP contribution in [0.25, 0.3) is 10.9 Å². The molecule has 2 aromatic carbocycles. The van der Waals surface area contributed by atoms with E-state index in [1.165, 1.54) is 0 Å². The fourth-order valence-corrected chi connectivity index (χ4v) is 3.08. The molecule has 0 saturated heterocycles. The number of hydrogen-bond donors (Lipinski definition) is 3. The van der Waals surface area contributed by atoms with Gasteiger partial charge in [0.25, 0.3) is 0 Å². The number of amides is 2. The molecule has 3 aromatic rings. The van der Waals surface area contributed by atoms with Crippen molar-refractivity contribution in [3.63, 3.8) is 0 Å². The Balaban J connectivity index is 1.49. The fourth-order valence-electron chi connectivity index (χ4n) is 3.08. The topological polar surface area (TPSA) is 74.0 Å². The highest BCUT2D eigenvalue weighted by atomic mass is 16.2. The molecule has 0 fully saturated rings. The lowest BCUT2D eigenvalue weighted by Gasteiger charge is -2.11. The van der Waals surface area contributed by atoms with Gasteiger partial charge in [-0.1, -0.05) is 36.4 Å². The largest absolute Gasteiger partial charge is 0.361 e. The molecule has 0 aliphatic carbocycles. The molecule has 5 heteroatoms. The lowest BCUT2D eigenvalue weighted by atomic mass is 10.1. The van der Waals surface area contributed by atoms with Crippen molar-refractivity contribution in [3.05, 3.63) is 65.4 Å². The summed E-state index contributed by atoms with van der Waals surface area (Å²) in [5.74, 6) is -0.569. The summed E-state index contributed by atoms with van der Waals surface area (Å²) in [6.07, 6.45) is 2.50. The van der Waals surface area contributed by atoms with E-state index in [4.69, 9.17) is 0 Å². The van der Waals surface area contributed by atoms with Crippen molar-refractivity contribution >= 4 is 28.4 Å². The van der Waals surface area contributed by atoms with E-state index >= 15 is 0 Å². The van der Waals surface area contributed by atoms with Crippen LogP contribution in [-0.4, -0.2) is 23.3 Å². The number of rotatable bonds is 6. The average molecular weight is 349 g/mol. The minimum atomic E-state index is -0.299. The maximum atomic E-state index is 12.1. The summed E-state index contributed by atoms with van der Waals surface area (Å²) in [7, 11) is 0. The van der Waals surface area contributed by atoms with Crippen LogP contribution >= 0.6 is 0 Å². The highest BCUT2D eigenvalue weighted by Crippen LogP contribution is 2.19.